The van der Waals surface area contributed by atoms with Crippen molar-refractivity contribution in [2.75, 3.05) is 13.1 Å². The minimum atomic E-state index is -1.17. The molecule has 0 bridgehead atoms. The Morgan fingerprint density at radius 2 is 0.902 bits per heavy atom. The first-order chi connectivity index (χ1) is 29.3. The van der Waals surface area contributed by atoms with Crippen LogP contribution in [0.4, 0.5) is 0 Å². The molecule has 6 amide bonds. The maximum atomic E-state index is 14.5. The van der Waals surface area contributed by atoms with Crippen molar-refractivity contribution in [3.63, 3.8) is 0 Å². The number of para-hydroxylation sites is 2. The second-order valence-corrected chi connectivity index (χ2v) is 16.5. The van der Waals surface area contributed by atoms with E-state index in [0.29, 0.717) is 45.2 Å². The molecule has 0 unspecified atom stereocenters. The highest BCUT2D eigenvalue weighted by molar-refractivity contribution is 5.99. The number of aromatic amines is 2. The average molecular weight is 841 g/mol. The Hall–Kier alpha value is -5.74. The number of hydrogen-bond donors (Lipinski definition) is 10. The van der Waals surface area contributed by atoms with E-state index in [1.807, 2.05) is 62.4 Å². The van der Waals surface area contributed by atoms with Crippen molar-refractivity contribution in [1.82, 2.24) is 41.9 Å². The van der Waals surface area contributed by atoms with Crippen LogP contribution < -0.4 is 43.4 Å². The lowest BCUT2D eigenvalue weighted by atomic mass is 9.96. The fraction of sp³-hybridized carbons (Fsp3) is 0.511. The van der Waals surface area contributed by atoms with Crippen LogP contribution in [0, 0.1) is 11.8 Å². The Bertz CT molecular complexity index is 2130. The molecular formula is C45H64N10O6. The molecule has 12 N–H and O–H groups in total. The standard InChI is InChI=1S/C45H64N10O6/c1-5-27(4)39-45(61)51-35(19-11-13-21-47)41(57)52-36(22-28-24-48-32-16-8-6-14-30(28)32)42(58)54-38(26(2)3)44(60)50-34(18-10-12-20-46)40(56)53-37(43(59)55-39)23-29-25-49-33-17-9-7-15-31(29)33/h6-9,14-17,24-27,34-39,48-49H,5,10-13,18-23,46-47H2,1-4H3,(H,50,60)(H,51,61)(H,52,57)(H,53,56)(H,54,58)(H,55,59)/t27-,34-,35-,36-,37-,38-,39-/m0/s1. The smallest absolute Gasteiger partial charge is 0.243 e. The summed E-state index contributed by atoms with van der Waals surface area (Å²) in [6.07, 6.45) is 6.74. The normalized spacial score (nSPS) is 23.1. The van der Waals surface area contributed by atoms with E-state index in [4.69, 9.17) is 11.5 Å². The molecule has 0 radical (unpaired) electrons. The molecule has 2 aromatic heterocycles. The number of rotatable bonds is 15. The number of unbranched alkanes of at least 4 members (excludes halogenated alkanes) is 2. The van der Waals surface area contributed by atoms with Crippen LogP contribution in [-0.2, 0) is 41.6 Å². The van der Waals surface area contributed by atoms with Crippen LogP contribution in [-0.4, -0.2) is 94.8 Å². The van der Waals surface area contributed by atoms with Crippen LogP contribution in [0.15, 0.2) is 60.9 Å². The first-order valence-electron chi connectivity index (χ1n) is 21.7. The zero-order valence-corrected chi connectivity index (χ0v) is 35.8. The van der Waals surface area contributed by atoms with E-state index in [1.54, 1.807) is 26.2 Å². The third kappa shape index (κ3) is 12.2. The zero-order valence-electron chi connectivity index (χ0n) is 35.8. The van der Waals surface area contributed by atoms with Crippen molar-refractivity contribution >= 4 is 57.2 Å². The Morgan fingerprint density at radius 1 is 0.508 bits per heavy atom. The molecule has 7 atom stereocenters. The van der Waals surface area contributed by atoms with E-state index < -0.39 is 77.6 Å². The first kappa shape index (κ1) is 46.3. The second kappa shape index (κ2) is 22.2. The van der Waals surface area contributed by atoms with Gasteiger partial charge in [-0.3, -0.25) is 28.8 Å². The maximum absolute atomic E-state index is 14.5. The van der Waals surface area contributed by atoms with Gasteiger partial charge in [0.15, 0.2) is 0 Å². The monoisotopic (exact) mass is 841 g/mol. The molecule has 0 saturated carbocycles. The number of carbonyl (C=O) groups excluding carboxylic acids is 6. The molecule has 3 heterocycles. The van der Waals surface area contributed by atoms with Crippen molar-refractivity contribution in [1.29, 1.82) is 0 Å². The fourth-order valence-electron chi connectivity index (χ4n) is 7.79. The third-order valence-electron chi connectivity index (χ3n) is 11.7. The van der Waals surface area contributed by atoms with E-state index in [-0.39, 0.29) is 31.6 Å². The van der Waals surface area contributed by atoms with Gasteiger partial charge in [-0.1, -0.05) is 70.5 Å². The number of hydrogen-bond acceptors (Lipinski definition) is 8. The van der Waals surface area contributed by atoms with Gasteiger partial charge in [0, 0.05) is 47.0 Å². The van der Waals surface area contributed by atoms with Crippen molar-refractivity contribution in [3.05, 3.63) is 72.1 Å². The molecule has 0 spiro atoms. The quantitative estimate of drug-likeness (QED) is 0.0793. The zero-order chi connectivity index (χ0) is 44.1. The highest BCUT2D eigenvalue weighted by Gasteiger charge is 2.37. The van der Waals surface area contributed by atoms with Crippen LogP contribution in [0.2, 0.25) is 0 Å². The Morgan fingerprint density at radius 3 is 1.33 bits per heavy atom. The predicted molar refractivity (Wildman–Crippen MR) is 236 cm³/mol. The lowest BCUT2D eigenvalue weighted by Crippen LogP contribution is -2.63. The highest BCUT2D eigenvalue weighted by Crippen LogP contribution is 2.22. The van der Waals surface area contributed by atoms with E-state index in [1.165, 1.54) is 0 Å². The second-order valence-electron chi connectivity index (χ2n) is 16.5. The van der Waals surface area contributed by atoms with Gasteiger partial charge in [-0.25, -0.2) is 0 Å². The third-order valence-corrected chi connectivity index (χ3v) is 11.7. The largest absolute Gasteiger partial charge is 0.361 e. The molecule has 1 saturated heterocycles. The maximum Gasteiger partial charge on any atom is 0.243 e. The highest BCUT2D eigenvalue weighted by atomic mass is 16.2. The van der Waals surface area contributed by atoms with Gasteiger partial charge in [0.2, 0.25) is 35.4 Å². The molecule has 330 valence electrons. The lowest BCUT2D eigenvalue weighted by molar-refractivity contribution is -0.137. The lowest BCUT2D eigenvalue weighted by Gasteiger charge is -2.31. The first-order valence-corrected chi connectivity index (χ1v) is 21.7. The summed E-state index contributed by atoms with van der Waals surface area (Å²) in [6, 6.07) is 8.41. The minimum Gasteiger partial charge on any atom is -0.361 e. The number of nitrogens with one attached hydrogen (secondary N) is 8. The van der Waals surface area contributed by atoms with Crippen LogP contribution in [0.3, 0.4) is 0 Å². The average Bonchev–Trinajstić information content (AvgIpc) is 3.86. The summed E-state index contributed by atoms with van der Waals surface area (Å²) >= 11 is 0. The molecule has 2 aromatic carbocycles. The summed E-state index contributed by atoms with van der Waals surface area (Å²) in [5.41, 5.74) is 14.8. The number of carbonyl (C=O) groups is 6. The van der Waals surface area contributed by atoms with Crippen LogP contribution >= 0.6 is 0 Å². The number of amides is 6. The molecule has 1 aliphatic rings. The Labute approximate surface area is 357 Å². The van der Waals surface area contributed by atoms with Gasteiger partial charge in [0.1, 0.15) is 36.3 Å². The van der Waals surface area contributed by atoms with E-state index in [2.05, 4.69) is 41.9 Å². The molecular weight excluding hydrogens is 777 g/mol. The Balaban J connectivity index is 1.57. The number of benzene rings is 2. The van der Waals surface area contributed by atoms with Crippen molar-refractivity contribution in [2.24, 2.45) is 23.3 Å². The van der Waals surface area contributed by atoms with Gasteiger partial charge in [-0.2, -0.15) is 0 Å². The van der Waals surface area contributed by atoms with Gasteiger partial charge in [0.05, 0.1) is 0 Å². The van der Waals surface area contributed by atoms with Crippen molar-refractivity contribution in [2.45, 2.75) is 122 Å². The summed E-state index contributed by atoms with van der Waals surface area (Å²) in [7, 11) is 0. The van der Waals surface area contributed by atoms with Crippen molar-refractivity contribution in [3.8, 4) is 0 Å². The van der Waals surface area contributed by atoms with Crippen molar-refractivity contribution < 1.29 is 28.8 Å². The van der Waals surface area contributed by atoms with E-state index in [9.17, 15) is 28.8 Å². The van der Waals surface area contributed by atoms with E-state index >= 15 is 0 Å². The van der Waals surface area contributed by atoms with Gasteiger partial charge in [-0.15, -0.1) is 0 Å². The molecule has 1 aliphatic heterocycles. The summed E-state index contributed by atoms with van der Waals surface area (Å²) < 4.78 is 0. The summed E-state index contributed by atoms with van der Waals surface area (Å²) in [4.78, 5) is 92.6. The predicted octanol–water partition coefficient (Wildman–Crippen LogP) is 2.32. The minimum absolute atomic E-state index is 0.0605. The van der Waals surface area contributed by atoms with Gasteiger partial charge >= 0.3 is 0 Å². The number of nitrogens with two attached hydrogens (primary N) is 2. The molecule has 1 fully saturated rings. The number of fused-ring (bicyclic) bond motifs is 2. The molecule has 16 heteroatoms. The number of H-pyrrole nitrogens is 2. The van der Waals surface area contributed by atoms with Crippen LogP contribution in [0.25, 0.3) is 21.8 Å². The molecule has 0 aliphatic carbocycles. The Kier molecular flexibility index (Phi) is 16.9. The number of aromatic nitrogens is 2. The summed E-state index contributed by atoms with van der Waals surface area (Å²) in [5, 5.41) is 19.1. The van der Waals surface area contributed by atoms with Crippen LogP contribution in [0.1, 0.15) is 83.8 Å². The topological polar surface area (TPSA) is 258 Å². The van der Waals surface area contributed by atoms with Gasteiger partial charge in [0.25, 0.3) is 0 Å². The molecule has 5 rings (SSSR count). The molecule has 16 nitrogen and oxygen atoms in total. The summed E-state index contributed by atoms with van der Waals surface area (Å²) in [6.45, 7) is 7.99. The molecule has 61 heavy (non-hydrogen) atoms. The van der Waals surface area contributed by atoms with E-state index in [0.717, 1.165) is 32.9 Å². The van der Waals surface area contributed by atoms with Crippen LogP contribution in [0.5, 0.6) is 0 Å². The fourth-order valence-corrected chi connectivity index (χ4v) is 7.79. The van der Waals surface area contributed by atoms with Gasteiger partial charge in [-0.05, 0) is 86.7 Å². The SMILES string of the molecule is CC[C@H](C)[C@@H]1NC(=O)[C@H](Cc2c[nH]c3ccccc23)NC(=O)[C@H](CCCCN)NC(=O)[C@H](C(C)C)NC(=O)[C@H](Cc2c[nH]c3ccccc23)NC(=O)[C@H](CCCCN)NC1=O. The molecule has 4 aromatic rings. The van der Waals surface area contributed by atoms with Gasteiger partial charge < -0.3 is 53.3 Å². The summed E-state index contributed by atoms with van der Waals surface area (Å²) in [5.74, 6) is -4.44.